The van der Waals surface area contributed by atoms with E-state index in [9.17, 15) is 14.7 Å². The fourth-order valence-electron chi connectivity index (χ4n) is 4.04. The van der Waals surface area contributed by atoms with Crippen LogP contribution in [0.5, 0.6) is 0 Å². The summed E-state index contributed by atoms with van der Waals surface area (Å²) in [5.41, 5.74) is 8.83. The summed E-state index contributed by atoms with van der Waals surface area (Å²) in [5, 5.41) is 16.0. The van der Waals surface area contributed by atoms with E-state index in [0.29, 0.717) is 40.9 Å². The van der Waals surface area contributed by atoms with Gasteiger partial charge in [0.2, 0.25) is 0 Å². The predicted octanol–water partition coefficient (Wildman–Crippen LogP) is 2.55. The third kappa shape index (κ3) is 5.25. The molecule has 0 unspecified atom stereocenters. The molecule has 35 heavy (non-hydrogen) atoms. The fraction of sp³-hybridized carbons (Fsp3) is 0.375. The molecule has 2 amide bonds. The quantitative estimate of drug-likeness (QED) is 0.279. The summed E-state index contributed by atoms with van der Waals surface area (Å²) in [6.07, 6.45) is 4.24. The molecule has 5 N–H and O–H groups in total. The molecule has 1 aromatic carbocycles. The number of nitrogens with zero attached hydrogens (tertiary/aromatic N) is 4. The number of anilines is 1. The van der Waals surface area contributed by atoms with Crippen molar-refractivity contribution in [3.8, 4) is 0 Å². The number of thiazole rings is 1. The zero-order chi connectivity index (χ0) is 25.1. The van der Waals surface area contributed by atoms with E-state index >= 15 is 0 Å². The lowest BCUT2D eigenvalue weighted by Crippen LogP contribution is -2.39. The Labute approximate surface area is 206 Å². The van der Waals surface area contributed by atoms with Gasteiger partial charge in [-0.3, -0.25) is 14.0 Å². The van der Waals surface area contributed by atoms with Crippen LogP contribution in [-0.4, -0.2) is 48.9 Å². The second-order valence-corrected chi connectivity index (χ2v) is 9.81. The van der Waals surface area contributed by atoms with Crippen LogP contribution >= 0.6 is 11.3 Å². The molecule has 0 saturated heterocycles. The highest BCUT2D eigenvalue weighted by molar-refractivity contribution is 7.22. The van der Waals surface area contributed by atoms with Crippen LogP contribution in [0.25, 0.3) is 15.9 Å². The number of nitrogens with one attached hydrogen (secondary N) is 2. The van der Waals surface area contributed by atoms with Crippen LogP contribution in [0.4, 0.5) is 5.13 Å². The molecular formula is C24H29N7O3S. The molecule has 4 aromatic rings. The average Bonchev–Trinajstić information content (AvgIpc) is 3.40. The molecule has 0 spiro atoms. The van der Waals surface area contributed by atoms with Gasteiger partial charge in [-0.2, -0.15) is 0 Å². The van der Waals surface area contributed by atoms with Crippen molar-refractivity contribution in [3.05, 3.63) is 53.2 Å². The van der Waals surface area contributed by atoms with E-state index in [1.165, 1.54) is 17.5 Å². The van der Waals surface area contributed by atoms with Crippen molar-refractivity contribution in [3.63, 3.8) is 0 Å². The maximum Gasteiger partial charge on any atom is 0.274 e. The van der Waals surface area contributed by atoms with Crippen LogP contribution in [0.1, 0.15) is 59.4 Å². The van der Waals surface area contributed by atoms with Crippen molar-refractivity contribution >= 4 is 44.1 Å². The van der Waals surface area contributed by atoms with Crippen LogP contribution in [0.15, 0.2) is 30.6 Å². The lowest BCUT2D eigenvalue weighted by atomic mass is 10.0. The molecule has 11 heteroatoms. The summed E-state index contributed by atoms with van der Waals surface area (Å²) in [6.45, 7) is 6.09. The lowest BCUT2D eigenvalue weighted by molar-refractivity contribution is 0.0899. The number of fused-ring (bicyclic) bond motifs is 2. The Balaban J connectivity index is 1.58. The van der Waals surface area contributed by atoms with E-state index in [2.05, 4.69) is 25.6 Å². The number of nitrogens with two attached hydrogens (primary N) is 1. The topological polar surface area (TPSA) is 148 Å². The smallest absolute Gasteiger partial charge is 0.274 e. The third-order valence-corrected chi connectivity index (χ3v) is 6.46. The van der Waals surface area contributed by atoms with Gasteiger partial charge in [0.05, 0.1) is 28.6 Å². The predicted molar refractivity (Wildman–Crippen MR) is 135 cm³/mol. The first-order chi connectivity index (χ1) is 16.8. The molecule has 4 rings (SSSR count). The standard InChI is InChI=1S/C24H29N7O3S/c1-4-16-20(23(34)28-15(12-32)9-13(2)3)31-8-7-26-19(21(31)29-16)22(33)27-11-14-5-6-17-18(10-14)35-24(25)30-17/h5-8,10,13,15,32H,4,9,11-12H2,1-3H3,(H2,25,30)(H,27,33)(H,28,34)/t15-/m0/s1. The molecule has 0 bridgehead atoms. The Bertz CT molecular complexity index is 1380. The maximum atomic E-state index is 13.1. The number of imidazole rings is 1. The number of carbonyl (C=O) groups excluding carboxylic acids is 2. The van der Waals surface area contributed by atoms with E-state index in [4.69, 9.17) is 5.73 Å². The number of amides is 2. The molecular weight excluding hydrogens is 466 g/mol. The van der Waals surface area contributed by atoms with Gasteiger partial charge in [0.1, 0.15) is 5.69 Å². The number of aromatic nitrogens is 4. The molecule has 0 aliphatic heterocycles. The molecule has 0 radical (unpaired) electrons. The van der Waals surface area contributed by atoms with Gasteiger partial charge in [0.15, 0.2) is 16.5 Å². The normalized spacial score (nSPS) is 12.4. The third-order valence-electron chi connectivity index (χ3n) is 5.61. The maximum absolute atomic E-state index is 13.1. The van der Waals surface area contributed by atoms with Crippen LogP contribution in [0.2, 0.25) is 0 Å². The molecule has 0 aliphatic carbocycles. The molecule has 0 fully saturated rings. The van der Waals surface area contributed by atoms with Gasteiger partial charge in [-0.1, -0.05) is 38.2 Å². The number of aliphatic hydroxyl groups is 1. The second kappa shape index (κ2) is 10.4. The summed E-state index contributed by atoms with van der Waals surface area (Å²) in [6, 6.07) is 5.33. The zero-order valence-corrected chi connectivity index (χ0v) is 20.7. The number of carbonyl (C=O) groups is 2. The summed E-state index contributed by atoms with van der Waals surface area (Å²) >= 11 is 1.39. The van der Waals surface area contributed by atoms with Crippen LogP contribution in [0.3, 0.4) is 0 Å². The zero-order valence-electron chi connectivity index (χ0n) is 19.9. The van der Waals surface area contributed by atoms with Crippen LogP contribution < -0.4 is 16.4 Å². The van der Waals surface area contributed by atoms with E-state index in [1.54, 1.807) is 10.6 Å². The molecule has 184 valence electrons. The Morgan fingerprint density at radius 2 is 2.03 bits per heavy atom. The van der Waals surface area contributed by atoms with Gasteiger partial charge >= 0.3 is 0 Å². The Morgan fingerprint density at radius 1 is 1.23 bits per heavy atom. The summed E-state index contributed by atoms with van der Waals surface area (Å²) < 4.78 is 2.54. The summed E-state index contributed by atoms with van der Waals surface area (Å²) in [7, 11) is 0. The van der Waals surface area contributed by atoms with Gasteiger partial charge < -0.3 is 21.5 Å². The number of hydrogen-bond acceptors (Lipinski definition) is 8. The Hall–Kier alpha value is -3.57. The minimum Gasteiger partial charge on any atom is -0.394 e. The largest absolute Gasteiger partial charge is 0.394 e. The first kappa shape index (κ1) is 24.6. The van der Waals surface area contributed by atoms with E-state index in [-0.39, 0.29) is 30.8 Å². The molecule has 3 heterocycles. The van der Waals surface area contributed by atoms with Crippen molar-refractivity contribution in [1.82, 2.24) is 30.0 Å². The van der Waals surface area contributed by atoms with Crippen LogP contribution in [-0.2, 0) is 13.0 Å². The van der Waals surface area contributed by atoms with Crippen LogP contribution in [0, 0.1) is 5.92 Å². The minimum absolute atomic E-state index is 0.130. The number of aryl methyl sites for hydroxylation is 1. The number of rotatable bonds is 9. The monoisotopic (exact) mass is 495 g/mol. The van der Waals surface area contributed by atoms with Crippen molar-refractivity contribution in [2.75, 3.05) is 12.3 Å². The average molecular weight is 496 g/mol. The van der Waals surface area contributed by atoms with Crippen molar-refractivity contribution < 1.29 is 14.7 Å². The number of hydrogen-bond donors (Lipinski definition) is 4. The minimum atomic E-state index is -0.396. The highest BCUT2D eigenvalue weighted by Gasteiger charge is 2.24. The highest BCUT2D eigenvalue weighted by atomic mass is 32.1. The van der Waals surface area contributed by atoms with Gasteiger partial charge in [-0.05, 0) is 36.5 Å². The molecule has 10 nitrogen and oxygen atoms in total. The van der Waals surface area contributed by atoms with Gasteiger partial charge in [-0.15, -0.1) is 0 Å². The first-order valence-electron chi connectivity index (χ1n) is 11.5. The van der Waals surface area contributed by atoms with E-state index in [0.717, 1.165) is 15.8 Å². The van der Waals surface area contributed by atoms with Crippen molar-refractivity contribution in [1.29, 1.82) is 0 Å². The summed E-state index contributed by atoms with van der Waals surface area (Å²) in [4.78, 5) is 39.2. The van der Waals surface area contributed by atoms with Gasteiger partial charge in [-0.25, -0.2) is 15.0 Å². The first-order valence-corrected chi connectivity index (χ1v) is 12.3. The molecule has 1 atom stereocenters. The van der Waals surface area contributed by atoms with Crippen molar-refractivity contribution in [2.45, 2.75) is 46.2 Å². The number of benzene rings is 1. The van der Waals surface area contributed by atoms with E-state index in [1.807, 2.05) is 39.0 Å². The highest BCUT2D eigenvalue weighted by Crippen LogP contribution is 2.24. The van der Waals surface area contributed by atoms with Crippen molar-refractivity contribution in [2.24, 2.45) is 5.92 Å². The number of nitrogen functional groups attached to an aromatic ring is 1. The molecule has 3 aromatic heterocycles. The van der Waals surface area contributed by atoms with E-state index < -0.39 is 5.91 Å². The second-order valence-electron chi connectivity index (χ2n) is 8.75. The summed E-state index contributed by atoms with van der Waals surface area (Å²) in [5.74, 6) is -0.426. The van der Waals surface area contributed by atoms with Gasteiger partial charge in [0.25, 0.3) is 11.8 Å². The Morgan fingerprint density at radius 3 is 2.74 bits per heavy atom. The lowest BCUT2D eigenvalue weighted by Gasteiger charge is -2.18. The number of aliphatic hydroxyl groups excluding tert-OH is 1. The molecule has 0 aliphatic rings. The van der Waals surface area contributed by atoms with Gasteiger partial charge in [0, 0.05) is 18.9 Å². The molecule has 0 saturated carbocycles. The SMILES string of the molecule is CCc1nc2c(C(=O)NCc3ccc4nc(N)sc4c3)nccn2c1C(=O)N[C@H](CO)CC(C)C. The fourth-order valence-corrected chi connectivity index (χ4v) is 4.83. The Kier molecular flexibility index (Phi) is 7.27.